The monoisotopic (exact) mass is 259 g/mol. The lowest BCUT2D eigenvalue weighted by atomic mass is 10.3. The molecule has 0 heterocycles. The molecule has 0 aliphatic heterocycles. The van der Waals surface area contributed by atoms with Crippen molar-refractivity contribution in [3.8, 4) is 0 Å². The van der Waals surface area contributed by atoms with Crippen molar-refractivity contribution < 1.29 is 14.7 Å². The normalized spacial score (nSPS) is 10.4. The molecule has 1 rings (SSSR count). The Bertz CT molecular complexity index is 457. The number of carboxylic acid groups (broad SMARTS) is 1. The molecular formula is C10H7Cl2NO3. The van der Waals surface area contributed by atoms with E-state index in [-0.39, 0.29) is 5.02 Å². The van der Waals surface area contributed by atoms with Crippen molar-refractivity contribution in [2.24, 2.45) is 0 Å². The van der Waals surface area contributed by atoms with Gasteiger partial charge in [-0.1, -0.05) is 23.2 Å². The summed E-state index contributed by atoms with van der Waals surface area (Å²) < 4.78 is 0. The van der Waals surface area contributed by atoms with E-state index < -0.39 is 11.9 Å². The lowest BCUT2D eigenvalue weighted by Gasteiger charge is -2.04. The minimum absolute atomic E-state index is 0.282. The molecule has 1 aromatic carbocycles. The summed E-state index contributed by atoms with van der Waals surface area (Å²) in [5.41, 5.74) is 0.367. The lowest BCUT2D eigenvalue weighted by Crippen LogP contribution is -2.08. The molecule has 16 heavy (non-hydrogen) atoms. The first-order valence-electron chi connectivity index (χ1n) is 4.16. The highest BCUT2D eigenvalue weighted by Gasteiger charge is 2.03. The van der Waals surface area contributed by atoms with Gasteiger partial charge < -0.3 is 10.4 Å². The number of amides is 1. The van der Waals surface area contributed by atoms with Crippen LogP contribution in [-0.2, 0) is 9.59 Å². The van der Waals surface area contributed by atoms with E-state index in [1.807, 2.05) is 0 Å². The molecule has 84 valence electrons. The number of carboxylic acids is 1. The summed E-state index contributed by atoms with van der Waals surface area (Å²) in [4.78, 5) is 21.4. The molecule has 0 aliphatic rings. The van der Waals surface area contributed by atoms with Crippen LogP contribution in [0.15, 0.2) is 30.4 Å². The number of hydrogen-bond donors (Lipinski definition) is 2. The molecule has 1 aromatic rings. The summed E-state index contributed by atoms with van der Waals surface area (Å²) in [5.74, 6) is -1.77. The standard InChI is InChI=1S/C10H7Cl2NO3/c11-6-1-2-8(7(12)5-6)13-9(14)3-4-10(15)16/h1-5H,(H,13,14)(H,15,16)/b4-3-. The molecule has 0 bridgehead atoms. The molecule has 0 radical (unpaired) electrons. The van der Waals surface area contributed by atoms with E-state index in [2.05, 4.69) is 5.32 Å². The van der Waals surface area contributed by atoms with Gasteiger partial charge in [0.1, 0.15) is 0 Å². The van der Waals surface area contributed by atoms with Crippen LogP contribution in [0.25, 0.3) is 0 Å². The van der Waals surface area contributed by atoms with Gasteiger partial charge in [-0.3, -0.25) is 4.79 Å². The first kappa shape index (κ1) is 12.5. The van der Waals surface area contributed by atoms with Crippen LogP contribution in [-0.4, -0.2) is 17.0 Å². The zero-order valence-electron chi connectivity index (χ0n) is 7.91. The molecule has 0 saturated heterocycles. The second-order valence-corrected chi connectivity index (χ2v) is 3.63. The fraction of sp³-hybridized carbons (Fsp3) is 0. The molecule has 2 N–H and O–H groups in total. The fourth-order valence-corrected chi connectivity index (χ4v) is 1.37. The van der Waals surface area contributed by atoms with Gasteiger partial charge in [-0.25, -0.2) is 4.79 Å². The van der Waals surface area contributed by atoms with Crippen molar-refractivity contribution >= 4 is 40.8 Å². The summed E-state index contributed by atoms with van der Waals surface area (Å²) in [5, 5.41) is 11.5. The van der Waals surface area contributed by atoms with Gasteiger partial charge in [-0.05, 0) is 18.2 Å². The summed E-state index contributed by atoms with van der Waals surface area (Å²) in [6.07, 6.45) is 1.63. The van der Waals surface area contributed by atoms with E-state index in [0.717, 1.165) is 12.2 Å². The molecule has 0 aromatic heterocycles. The Morgan fingerprint density at radius 3 is 2.50 bits per heavy atom. The van der Waals surface area contributed by atoms with E-state index in [1.165, 1.54) is 12.1 Å². The average molecular weight is 260 g/mol. The average Bonchev–Trinajstić information content (AvgIpc) is 2.19. The molecule has 1 amide bonds. The number of benzene rings is 1. The highest BCUT2D eigenvalue weighted by molar-refractivity contribution is 6.36. The molecule has 0 atom stereocenters. The third kappa shape index (κ3) is 3.92. The Kier molecular flexibility index (Phi) is 4.34. The second-order valence-electron chi connectivity index (χ2n) is 2.78. The van der Waals surface area contributed by atoms with E-state index in [4.69, 9.17) is 28.3 Å². The van der Waals surface area contributed by atoms with E-state index in [1.54, 1.807) is 6.07 Å². The zero-order chi connectivity index (χ0) is 12.1. The van der Waals surface area contributed by atoms with Crippen molar-refractivity contribution in [2.75, 3.05) is 5.32 Å². The van der Waals surface area contributed by atoms with Crippen molar-refractivity contribution in [1.82, 2.24) is 0 Å². The quantitative estimate of drug-likeness (QED) is 0.821. The molecule has 0 saturated carbocycles. The first-order valence-corrected chi connectivity index (χ1v) is 4.91. The van der Waals surface area contributed by atoms with Gasteiger partial charge in [-0.15, -0.1) is 0 Å². The van der Waals surface area contributed by atoms with Crippen LogP contribution in [0.2, 0.25) is 10.0 Å². The van der Waals surface area contributed by atoms with Crippen LogP contribution in [0.5, 0.6) is 0 Å². The fourth-order valence-electron chi connectivity index (χ4n) is 0.912. The molecular weight excluding hydrogens is 253 g/mol. The highest BCUT2D eigenvalue weighted by atomic mass is 35.5. The van der Waals surface area contributed by atoms with Crippen molar-refractivity contribution in [1.29, 1.82) is 0 Å². The Labute approximate surface area is 101 Å². The zero-order valence-corrected chi connectivity index (χ0v) is 9.42. The Morgan fingerprint density at radius 1 is 1.25 bits per heavy atom. The Hall–Kier alpha value is -1.52. The number of hydrogen-bond acceptors (Lipinski definition) is 2. The predicted molar refractivity (Wildman–Crippen MR) is 61.9 cm³/mol. The number of nitrogens with one attached hydrogen (secondary N) is 1. The van der Waals surface area contributed by atoms with Gasteiger partial charge in [0.15, 0.2) is 0 Å². The van der Waals surface area contributed by atoms with Crippen molar-refractivity contribution in [3.05, 3.63) is 40.4 Å². The summed E-state index contributed by atoms with van der Waals surface area (Å²) in [7, 11) is 0. The number of aliphatic carboxylic acids is 1. The van der Waals surface area contributed by atoms with Gasteiger partial charge in [0, 0.05) is 17.2 Å². The number of rotatable bonds is 3. The van der Waals surface area contributed by atoms with E-state index in [0.29, 0.717) is 10.7 Å². The topological polar surface area (TPSA) is 66.4 Å². The Morgan fingerprint density at radius 2 is 1.94 bits per heavy atom. The third-order valence-electron chi connectivity index (χ3n) is 1.57. The van der Waals surface area contributed by atoms with E-state index >= 15 is 0 Å². The maximum atomic E-state index is 11.2. The number of anilines is 1. The SMILES string of the molecule is O=C(O)/C=C\C(=O)Nc1ccc(Cl)cc1Cl. The number of carbonyl (C=O) groups excluding carboxylic acids is 1. The van der Waals surface area contributed by atoms with E-state index in [9.17, 15) is 9.59 Å². The predicted octanol–water partition coefficient (Wildman–Crippen LogP) is 2.57. The molecule has 0 spiro atoms. The van der Waals surface area contributed by atoms with Gasteiger partial charge in [-0.2, -0.15) is 0 Å². The van der Waals surface area contributed by atoms with Crippen LogP contribution in [0.3, 0.4) is 0 Å². The van der Waals surface area contributed by atoms with Gasteiger partial charge in [0.25, 0.3) is 0 Å². The molecule has 6 heteroatoms. The molecule has 4 nitrogen and oxygen atoms in total. The van der Waals surface area contributed by atoms with Crippen molar-refractivity contribution in [3.63, 3.8) is 0 Å². The Balaban J connectivity index is 2.73. The maximum Gasteiger partial charge on any atom is 0.328 e. The van der Waals surface area contributed by atoms with Crippen LogP contribution >= 0.6 is 23.2 Å². The first-order chi connectivity index (χ1) is 7.49. The number of halogens is 2. The maximum absolute atomic E-state index is 11.2. The van der Waals surface area contributed by atoms with Crippen LogP contribution in [0.4, 0.5) is 5.69 Å². The highest BCUT2D eigenvalue weighted by Crippen LogP contribution is 2.25. The minimum Gasteiger partial charge on any atom is -0.478 e. The third-order valence-corrected chi connectivity index (χ3v) is 2.11. The molecule has 0 fully saturated rings. The number of carbonyl (C=O) groups is 2. The molecule has 0 aliphatic carbocycles. The van der Waals surface area contributed by atoms with Crippen LogP contribution in [0.1, 0.15) is 0 Å². The van der Waals surface area contributed by atoms with Gasteiger partial charge >= 0.3 is 5.97 Å². The minimum atomic E-state index is -1.20. The van der Waals surface area contributed by atoms with Gasteiger partial charge in [0.05, 0.1) is 10.7 Å². The van der Waals surface area contributed by atoms with Crippen LogP contribution in [0, 0.1) is 0 Å². The summed E-state index contributed by atoms with van der Waals surface area (Å²) in [6, 6.07) is 4.56. The second kappa shape index (κ2) is 5.53. The lowest BCUT2D eigenvalue weighted by molar-refractivity contribution is -0.131. The largest absolute Gasteiger partial charge is 0.478 e. The van der Waals surface area contributed by atoms with Crippen LogP contribution < -0.4 is 5.32 Å². The van der Waals surface area contributed by atoms with Crippen molar-refractivity contribution in [2.45, 2.75) is 0 Å². The van der Waals surface area contributed by atoms with Gasteiger partial charge in [0.2, 0.25) is 5.91 Å². The summed E-state index contributed by atoms with van der Waals surface area (Å²) in [6.45, 7) is 0. The molecule has 0 unspecified atom stereocenters. The summed E-state index contributed by atoms with van der Waals surface area (Å²) >= 11 is 11.5. The smallest absolute Gasteiger partial charge is 0.328 e.